The number of aryl methyl sites for hydroxylation is 1. The van der Waals surface area contributed by atoms with Gasteiger partial charge in [-0.05, 0) is 12.1 Å². The third-order valence-electron chi connectivity index (χ3n) is 3.26. The third-order valence-corrected chi connectivity index (χ3v) is 3.26. The zero-order chi connectivity index (χ0) is 16.5. The van der Waals surface area contributed by atoms with Gasteiger partial charge in [0.2, 0.25) is 5.91 Å². The Kier molecular flexibility index (Phi) is 7.45. The van der Waals surface area contributed by atoms with Crippen molar-refractivity contribution in [2.75, 3.05) is 47.9 Å². The monoisotopic (exact) mass is 309 g/mol. The average molecular weight is 309 g/mol. The van der Waals surface area contributed by atoms with Crippen molar-refractivity contribution in [1.82, 2.24) is 19.7 Å². The number of aromatic nitrogens is 1. The third kappa shape index (κ3) is 5.77. The summed E-state index contributed by atoms with van der Waals surface area (Å²) in [7, 11) is 9.06. The van der Waals surface area contributed by atoms with E-state index >= 15 is 0 Å². The van der Waals surface area contributed by atoms with E-state index < -0.39 is 0 Å². The number of amides is 1. The molecule has 0 spiro atoms. The maximum Gasteiger partial charge on any atom is 0.243 e. The van der Waals surface area contributed by atoms with Gasteiger partial charge in [-0.3, -0.25) is 4.79 Å². The van der Waals surface area contributed by atoms with Crippen LogP contribution < -0.4 is 5.32 Å². The molecule has 0 atom stereocenters. The van der Waals surface area contributed by atoms with Crippen LogP contribution >= 0.6 is 0 Å². The normalized spacial score (nSPS) is 11.4. The Balaban J connectivity index is 2.72. The van der Waals surface area contributed by atoms with Crippen LogP contribution in [0.1, 0.15) is 5.69 Å². The zero-order valence-corrected chi connectivity index (χ0v) is 14.2. The summed E-state index contributed by atoms with van der Waals surface area (Å²) < 4.78 is 7.11. The van der Waals surface area contributed by atoms with E-state index in [0.29, 0.717) is 25.7 Å². The Morgan fingerprint density at radius 3 is 2.68 bits per heavy atom. The van der Waals surface area contributed by atoms with E-state index in [1.807, 2.05) is 31.3 Å². The van der Waals surface area contributed by atoms with Gasteiger partial charge >= 0.3 is 0 Å². The maximum atomic E-state index is 11.7. The van der Waals surface area contributed by atoms with Gasteiger partial charge in [-0.15, -0.1) is 0 Å². The fourth-order valence-corrected chi connectivity index (χ4v) is 1.84. The lowest BCUT2D eigenvalue weighted by molar-refractivity contribution is -0.127. The number of methoxy groups -OCH3 is 1. The number of hydrogen-bond acceptors (Lipinski definition) is 3. The van der Waals surface area contributed by atoms with Crippen LogP contribution in [0, 0.1) is 0 Å². The summed E-state index contributed by atoms with van der Waals surface area (Å²) in [5.41, 5.74) is 1.17. The van der Waals surface area contributed by atoms with E-state index in [4.69, 9.17) is 4.74 Å². The van der Waals surface area contributed by atoms with Crippen molar-refractivity contribution in [1.29, 1.82) is 0 Å². The highest BCUT2D eigenvalue weighted by Crippen LogP contribution is 2.03. The number of likely N-dealkylation sites (N-methyl/N-ethyl adjacent to an activating group) is 1. The summed E-state index contributed by atoms with van der Waals surface area (Å²) in [4.78, 5) is 19.6. The first-order valence-electron chi connectivity index (χ1n) is 7.24. The second-order valence-corrected chi connectivity index (χ2v) is 5.31. The van der Waals surface area contributed by atoms with Gasteiger partial charge in [-0.2, -0.15) is 0 Å². The largest absolute Gasteiger partial charge is 0.383 e. The van der Waals surface area contributed by atoms with E-state index in [2.05, 4.69) is 20.9 Å². The molecule has 0 fully saturated rings. The fraction of sp³-hybridized carbons (Fsp3) is 0.600. The molecule has 7 heteroatoms. The minimum Gasteiger partial charge on any atom is -0.383 e. The second-order valence-electron chi connectivity index (χ2n) is 5.31. The highest BCUT2D eigenvalue weighted by molar-refractivity contribution is 5.84. The number of nitrogens with zero attached hydrogens (tertiary/aromatic N) is 4. The van der Waals surface area contributed by atoms with Crippen molar-refractivity contribution in [2.45, 2.75) is 6.54 Å². The predicted molar refractivity (Wildman–Crippen MR) is 87.8 cm³/mol. The van der Waals surface area contributed by atoms with Crippen molar-refractivity contribution >= 4 is 11.9 Å². The van der Waals surface area contributed by atoms with Crippen molar-refractivity contribution in [3.63, 3.8) is 0 Å². The molecule has 22 heavy (non-hydrogen) atoms. The molecule has 1 amide bonds. The standard InChI is InChI=1S/C15H27N5O2/c1-18(2)14(21)11-17-15(16-8-10-22-5)20(4)12-13-7-6-9-19(13)3/h6-7,9H,8,10-12H2,1-5H3,(H,16,17). The summed E-state index contributed by atoms with van der Waals surface area (Å²) in [5, 5.41) is 3.22. The number of nitrogens with one attached hydrogen (secondary N) is 1. The average Bonchev–Trinajstić information content (AvgIpc) is 2.87. The van der Waals surface area contributed by atoms with Crippen LogP contribution in [0.15, 0.2) is 23.3 Å². The Bertz CT molecular complexity index is 496. The van der Waals surface area contributed by atoms with E-state index in [9.17, 15) is 4.79 Å². The first-order chi connectivity index (χ1) is 10.5. The van der Waals surface area contributed by atoms with Crippen molar-refractivity contribution < 1.29 is 9.53 Å². The Morgan fingerprint density at radius 2 is 2.14 bits per heavy atom. The van der Waals surface area contributed by atoms with Crippen LogP contribution in [0.5, 0.6) is 0 Å². The summed E-state index contributed by atoms with van der Waals surface area (Å²) in [6.45, 7) is 2.06. The number of hydrogen-bond donors (Lipinski definition) is 1. The number of carbonyl (C=O) groups is 1. The highest BCUT2D eigenvalue weighted by atomic mass is 16.5. The SMILES string of the molecule is COCCNC(=NCC(=O)N(C)C)N(C)Cc1cccn1C. The summed E-state index contributed by atoms with van der Waals surface area (Å²) >= 11 is 0. The van der Waals surface area contributed by atoms with E-state index in [0.717, 1.165) is 0 Å². The molecule has 1 heterocycles. The first kappa shape index (κ1) is 18.0. The van der Waals surface area contributed by atoms with E-state index in [1.165, 1.54) is 10.6 Å². The van der Waals surface area contributed by atoms with Crippen LogP contribution in [0.25, 0.3) is 0 Å². The number of ether oxygens (including phenoxy) is 1. The van der Waals surface area contributed by atoms with E-state index in [1.54, 1.807) is 21.2 Å². The topological polar surface area (TPSA) is 62.1 Å². The van der Waals surface area contributed by atoms with Gasteiger partial charge in [0.1, 0.15) is 6.54 Å². The van der Waals surface area contributed by atoms with Gasteiger partial charge in [0, 0.05) is 53.7 Å². The fourth-order valence-electron chi connectivity index (χ4n) is 1.84. The molecule has 0 aliphatic carbocycles. The maximum absolute atomic E-state index is 11.7. The van der Waals surface area contributed by atoms with Crippen LogP contribution in [0.3, 0.4) is 0 Å². The molecule has 0 bridgehead atoms. The molecule has 1 N–H and O–H groups in total. The lowest BCUT2D eigenvalue weighted by Gasteiger charge is -2.23. The van der Waals surface area contributed by atoms with Crippen molar-refractivity contribution in [3.05, 3.63) is 24.0 Å². The van der Waals surface area contributed by atoms with Crippen LogP contribution in [-0.4, -0.2) is 74.2 Å². The minimum atomic E-state index is -0.0293. The van der Waals surface area contributed by atoms with Gasteiger partial charge in [-0.1, -0.05) is 0 Å². The molecular weight excluding hydrogens is 282 g/mol. The number of rotatable bonds is 7. The molecule has 0 aromatic carbocycles. The molecule has 124 valence electrons. The van der Waals surface area contributed by atoms with Gasteiger partial charge in [-0.25, -0.2) is 4.99 Å². The molecule has 0 radical (unpaired) electrons. The van der Waals surface area contributed by atoms with Crippen molar-refractivity contribution in [2.24, 2.45) is 12.0 Å². The van der Waals surface area contributed by atoms with Crippen molar-refractivity contribution in [3.8, 4) is 0 Å². The quantitative estimate of drug-likeness (QED) is 0.442. The van der Waals surface area contributed by atoms with Crippen LogP contribution in [0.4, 0.5) is 0 Å². The number of guanidine groups is 1. The second kappa shape index (κ2) is 9.09. The minimum absolute atomic E-state index is 0.0293. The summed E-state index contributed by atoms with van der Waals surface area (Å²) in [6.07, 6.45) is 2.01. The van der Waals surface area contributed by atoms with Crippen LogP contribution in [-0.2, 0) is 23.1 Å². The highest BCUT2D eigenvalue weighted by Gasteiger charge is 2.10. The molecule has 1 aromatic heterocycles. The summed E-state index contributed by atoms with van der Waals surface area (Å²) in [5.74, 6) is 0.659. The zero-order valence-electron chi connectivity index (χ0n) is 14.2. The number of aliphatic imine (C=N–C) groups is 1. The van der Waals surface area contributed by atoms with E-state index in [-0.39, 0.29) is 12.5 Å². The summed E-state index contributed by atoms with van der Waals surface area (Å²) in [6, 6.07) is 4.07. The molecular formula is C15H27N5O2. The van der Waals surface area contributed by atoms with Gasteiger partial charge in [0.25, 0.3) is 0 Å². The van der Waals surface area contributed by atoms with Gasteiger partial charge in [0.15, 0.2) is 5.96 Å². The Hall–Kier alpha value is -2.02. The lowest BCUT2D eigenvalue weighted by Crippen LogP contribution is -2.41. The molecule has 1 rings (SSSR count). The van der Waals surface area contributed by atoms with Gasteiger partial charge in [0.05, 0.1) is 13.2 Å². The van der Waals surface area contributed by atoms with Gasteiger partial charge < -0.3 is 24.4 Å². The molecule has 0 saturated heterocycles. The molecule has 0 saturated carbocycles. The Labute approximate surface area is 132 Å². The molecule has 0 aliphatic rings. The molecule has 0 aliphatic heterocycles. The van der Waals surface area contributed by atoms with Crippen LogP contribution in [0.2, 0.25) is 0 Å². The number of carbonyl (C=O) groups excluding carboxylic acids is 1. The smallest absolute Gasteiger partial charge is 0.243 e. The molecule has 1 aromatic rings. The predicted octanol–water partition coefficient (Wildman–Crippen LogP) is 0.137. The molecule has 7 nitrogen and oxygen atoms in total. The molecule has 0 unspecified atom stereocenters. The first-order valence-corrected chi connectivity index (χ1v) is 7.24. The Morgan fingerprint density at radius 1 is 1.41 bits per heavy atom. The lowest BCUT2D eigenvalue weighted by atomic mass is 10.4.